The van der Waals surface area contributed by atoms with Crippen LogP contribution < -0.4 is 5.32 Å². The third-order valence-corrected chi connectivity index (χ3v) is 1.94. The SMILES string of the molecule is CNCc1nc2c(F)c(F)ccc2[nH]1. The van der Waals surface area contributed by atoms with Crippen LogP contribution in [0.3, 0.4) is 0 Å². The van der Waals surface area contributed by atoms with Crippen LogP contribution in [0.4, 0.5) is 8.78 Å². The Bertz CT molecular complexity index is 464. The van der Waals surface area contributed by atoms with Gasteiger partial charge in [-0.3, -0.25) is 0 Å². The zero-order chi connectivity index (χ0) is 10.1. The van der Waals surface area contributed by atoms with Crippen LogP contribution >= 0.6 is 0 Å². The molecule has 14 heavy (non-hydrogen) atoms. The number of hydrogen-bond acceptors (Lipinski definition) is 2. The van der Waals surface area contributed by atoms with Crippen LogP contribution in [0.5, 0.6) is 0 Å². The van der Waals surface area contributed by atoms with E-state index in [0.717, 1.165) is 6.07 Å². The molecule has 0 aliphatic carbocycles. The van der Waals surface area contributed by atoms with E-state index in [1.54, 1.807) is 7.05 Å². The third kappa shape index (κ3) is 1.35. The Hall–Kier alpha value is -1.49. The van der Waals surface area contributed by atoms with Crippen molar-refractivity contribution in [1.82, 2.24) is 15.3 Å². The molecule has 0 radical (unpaired) electrons. The fraction of sp³-hybridized carbons (Fsp3) is 0.222. The largest absolute Gasteiger partial charge is 0.341 e. The van der Waals surface area contributed by atoms with Crippen LogP contribution in [0, 0.1) is 11.6 Å². The van der Waals surface area contributed by atoms with Crippen LogP contribution in [0.2, 0.25) is 0 Å². The Labute approximate surface area is 79.2 Å². The molecule has 2 N–H and O–H groups in total. The Balaban J connectivity index is 2.59. The molecule has 1 aromatic carbocycles. The summed E-state index contributed by atoms with van der Waals surface area (Å²) in [6.07, 6.45) is 0. The molecular weight excluding hydrogens is 188 g/mol. The number of H-pyrrole nitrogens is 1. The van der Waals surface area contributed by atoms with E-state index < -0.39 is 11.6 Å². The first kappa shape index (κ1) is 9.08. The Kier molecular flexibility index (Phi) is 2.17. The predicted molar refractivity (Wildman–Crippen MR) is 48.8 cm³/mol. The molecule has 0 amide bonds. The van der Waals surface area contributed by atoms with Gasteiger partial charge in [-0.25, -0.2) is 13.8 Å². The minimum absolute atomic E-state index is 0.0512. The second-order valence-electron chi connectivity index (χ2n) is 2.97. The lowest BCUT2D eigenvalue weighted by molar-refractivity contribution is 0.515. The maximum absolute atomic E-state index is 13.2. The molecule has 3 nitrogen and oxygen atoms in total. The van der Waals surface area contributed by atoms with E-state index in [0.29, 0.717) is 17.9 Å². The number of imidazole rings is 1. The summed E-state index contributed by atoms with van der Waals surface area (Å²) < 4.78 is 26.0. The van der Waals surface area contributed by atoms with Crippen molar-refractivity contribution in [2.45, 2.75) is 6.54 Å². The highest BCUT2D eigenvalue weighted by Crippen LogP contribution is 2.17. The Morgan fingerprint density at radius 1 is 1.43 bits per heavy atom. The first-order valence-corrected chi connectivity index (χ1v) is 4.19. The minimum atomic E-state index is -0.902. The van der Waals surface area contributed by atoms with Gasteiger partial charge in [-0.05, 0) is 19.2 Å². The molecule has 0 bridgehead atoms. The van der Waals surface area contributed by atoms with Crippen LogP contribution in [-0.2, 0) is 6.54 Å². The van der Waals surface area contributed by atoms with E-state index in [1.807, 2.05) is 0 Å². The molecule has 0 unspecified atom stereocenters. The molecule has 5 heteroatoms. The van der Waals surface area contributed by atoms with Gasteiger partial charge in [0.05, 0.1) is 12.1 Å². The number of aromatic amines is 1. The highest BCUT2D eigenvalue weighted by Gasteiger charge is 2.10. The van der Waals surface area contributed by atoms with Gasteiger partial charge in [-0.15, -0.1) is 0 Å². The van der Waals surface area contributed by atoms with Gasteiger partial charge in [0.2, 0.25) is 0 Å². The summed E-state index contributed by atoms with van der Waals surface area (Å²) in [5.41, 5.74) is 0.560. The smallest absolute Gasteiger partial charge is 0.186 e. The van der Waals surface area contributed by atoms with E-state index in [1.165, 1.54) is 6.07 Å². The van der Waals surface area contributed by atoms with Crippen molar-refractivity contribution in [2.75, 3.05) is 7.05 Å². The molecule has 1 heterocycles. The number of rotatable bonds is 2. The van der Waals surface area contributed by atoms with Gasteiger partial charge in [-0.1, -0.05) is 0 Å². The van der Waals surface area contributed by atoms with E-state index in [9.17, 15) is 8.78 Å². The molecule has 0 spiro atoms. The first-order chi connectivity index (χ1) is 6.72. The van der Waals surface area contributed by atoms with Crippen molar-refractivity contribution < 1.29 is 8.78 Å². The lowest BCUT2D eigenvalue weighted by Gasteiger charge is -1.91. The average Bonchev–Trinajstić information content (AvgIpc) is 2.56. The summed E-state index contributed by atoms with van der Waals surface area (Å²) in [6.45, 7) is 0.496. The van der Waals surface area contributed by atoms with Gasteiger partial charge < -0.3 is 10.3 Å². The second-order valence-corrected chi connectivity index (χ2v) is 2.97. The minimum Gasteiger partial charge on any atom is -0.341 e. The molecule has 0 saturated carbocycles. The van der Waals surface area contributed by atoms with E-state index in [-0.39, 0.29) is 5.52 Å². The van der Waals surface area contributed by atoms with Crippen LogP contribution in [0.1, 0.15) is 5.82 Å². The van der Waals surface area contributed by atoms with Gasteiger partial charge in [0.25, 0.3) is 0 Å². The summed E-state index contributed by atoms with van der Waals surface area (Å²) >= 11 is 0. The molecule has 0 aliphatic heterocycles. The maximum atomic E-state index is 13.2. The van der Waals surface area contributed by atoms with Crippen LogP contribution in [0.25, 0.3) is 11.0 Å². The molecule has 0 saturated heterocycles. The maximum Gasteiger partial charge on any atom is 0.186 e. The average molecular weight is 197 g/mol. The number of benzene rings is 1. The lowest BCUT2D eigenvalue weighted by Crippen LogP contribution is -2.06. The molecular formula is C9H9F2N3. The molecule has 1 aromatic heterocycles. The summed E-state index contributed by atoms with van der Waals surface area (Å²) in [5.74, 6) is -1.19. The fourth-order valence-electron chi connectivity index (χ4n) is 1.32. The van der Waals surface area contributed by atoms with Gasteiger partial charge >= 0.3 is 0 Å². The quantitative estimate of drug-likeness (QED) is 0.767. The third-order valence-electron chi connectivity index (χ3n) is 1.94. The van der Waals surface area contributed by atoms with Gasteiger partial charge in [0.1, 0.15) is 11.3 Å². The van der Waals surface area contributed by atoms with E-state index >= 15 is 0 Å². The number of nitrogens with zero attached hydrogens (tertiary/aromatic N) is 1. The van der Waals surface area contributed by atoms with Crippen LogP contribution in [-0.4, -0.2) is 17.0 Å². The highest BCUT2D eigenvalue weighted by molar-refractivity contribution is 5.75. The zero-order valence-electron chi connectivity index (χ0n) is 7.56. The number of hydrogen-bond donors (Lipinski definition) is 2. The predicted octanol–water partition coefficient (Wildman–Crippen LogP) is 1.56. The van der Waals surface area contributed by atoms with Crippen molar-refractivity contribution in [1.29, 1.82) is 0 Å². The summed E-state index contributed by atoms with van der Waals surface area (Å²) in [6, 6.07) is 2.55. The number of halogens is 2. The normalized spacial score (nSPS) is 11.1. The first-order valence-electron chi connectivity index (χ1n) is 4.19. The monoisotopic (exact) mass is 197 g/mol. The van der Waals surface area contributed by atoms with E-state index in [2.05, 4.69) is 15.3 Å². The lowest BCUT2D eigenvalue weighted by atomic mass is 10.3. The van der Waals surface area contributed by atoms with Gasteiger partial charge in [0.15, 0.2) is 11.6 Å². The van der Waals surface area contributed by atoms with Crippen molar-refractivity contribution >= 4 is 11.0 Å². The topological polar surface area (TPSA) is 40.7 Å². The van der Waals surface area contributed by atoms with Crippen molar-refractivity contribution in [3.8, 4) is 0 Å². The Morgan fingerprint density at radius 2 is 2.21 bits per heavy atom. The fourth-order valence-corrected chi connectivity index (χ4v) is 1.32. The van der Waals surface area contributed by atoms with E-state index in [4.69, 9.17) is 0 Å². The summed E-state index contributed by atoms with van der Waals surface area (Å²) in [4.78, 5) is 6.81. The van der Waals surface area contributed by atoms with Crippen LogP contribution in [0.15, 0.2) is 12.1 Å². The Morgan fingerprint density at radius 3 is 2.93 bits per heavy atom. The second kappa shape index (κ2) is 3.34. The van der Waals surface area contributed by atoms with Crippen molar-refractivity contribution in [3.05, 3.63) is 29.6 Å². The molecule has 0 atom stereocenters. The highest BCUT2D eigenvalue weighted by atomic mass is 19.2. The molecule has 74 valence electrons. The zero-order valence-corrected chi connectivity index (χ0v) is 7.56. The van der Waals surface area contributed by atoms with Gasteiger partial charge in [0, 0.05) is 0 Å². The molecule has 0 fully saturated rings. The summed E-state index contributed by atoms with van der Waals surface area (Å²) in [5, 5.41) is 2.87. The number of aromatic nitrogens is 2. The molecule has 2 rings (SSSR count). The van der Waals surface area contributed by atoms with Crippen molar-refractivity contribution in [3.63, 3.8) is 0 Å². The van der Waals surface area contributed by atoms with Gasteiger partial charge in [-0.2, -0.15) is 0 Å². The summed E-state index contributed by atoms with van der Waals surface area (Å²) in [7, 11) is 1.75. The number of fused-ring (bicyclic) bond motifs is 1. The molecule has 2 aromatic rings. The number of nitrogens with one attached hydrogen (secondary N) is 2. The van der Waals surface area contributed by atoms with Crippen molar-refractivity contribution in [2.24, 2.45) is 0 Å². The standard InChI is InChI=1S/C9H9F2N3/c1-12-4-7-13-6-3-2-5(10)8(11)9(6)14-7/h2-3,12H,4H2,1H3,(H,13,14). The molecule has 0 aliphatic rings.